The minimum atomic E-state index is -0.114. The molecule has 0 fully saturated rings. The number of hydrogen-bond donors (Lipinski definition) is 1. The molecule has 0 spiro atoms. The molecular weight excluding hydrogens is 118 g/mol. The zero-order chi connectivity index (χ0) is 7.28. The van der Waals surface area contributed by atoms with E-state index >= 15 is 0 Å². The van der Waals surface area contributed by atoms with Crippen LogP contribution in [0, 0.1) is 11.5 Å². The topological polar surface area (TPSA) is 59.6 Å². The van der Waals surface area contributed by atoms with Gasteiger partial charge in [0.1, 0.15) is 12.6 Å². The van der Waals surface area contributed by atoms with Gasteiger partial charge in [-0.3, -0.25) is 0 Å². The lowest BCUT2D eigenvalue weighted by Gasteiger charge is -2.12. The van der Waals surface area contributed by atoms with Gasteiger partial charge in [0, 0.05) is 7.05 Å². The van der Waals surface area contributed by atoms with E-state index in [4.69, 9.17) is 10.4 Å². The number of rotatable bonds is 1. The highest BCUT2D eigenvalue weighted by atomic mass is 16.3. The lowest BCUT2D eigenvalue weighted by atomic mass is 10.6. The second-order valence-corrected chi connectivity index (χ2v) is 1.60. The molecule has 0 saturated heterocycles. The molecule has 9 heavy (non-hydrogen) atoms. The Hall–Kier alpha value is -1.08. The van der Waals surface area contributed by atoms with Gasteiger partial charge >= 0.3 is 0 Å². The van der Waals surface area contributed by atoms with E-state index in [9.17, 15) is 0 Å². The molecule has 0 aromatic heterocycles. The van der Waals surface area contributed by atoms with Gasteiger partial charge in [0.25, 0.3) is 0 Å². The van der Waals surface area contributed by atoms with Crippen molar-refractivity contribution in [2.45, 2.75) is 6.92 Å². The van der Waals surface area contributed by atoms with Crippen LogP contribution in [0.15, 0.2) is 4.99 Å². The van der Waals surface area contributed by atoms with Gasteiger partial charge in [-0.15, -0.1) is 0 Å². The van der Waals surface area contributed by atoms with Gasteiger partial charge in [-0.25, -0.2) is 0 Å². The number of aliphatic hydroxyl groups is 1. The molecule has 50 valence electrons. The minimum Gasteiger partial charge on any atom is -0.376 e. The zero-order valence-corrected chi connectivity index (χ0v) is 5.50. The number of hydrogen-bond acceptors (Lipinski definition) is 3. The Morgan fingerprint density at radius 2 is 2.44 bits per heavy atom. The molecule has 0 saturated carbocycles. The maximum absolute atomic E-state index is 8.47. The first kappa shape index (κ1) is 7.92. The van der Waals surface area contributed by atoms with Crippen molar-refractivity contribution < 1.29 is 5.11 Å². The smallest absolute Gasteiger partial charge is 0.207 e. The predicted octanol–water partition coefficient (Wildman–Crippen LogP) is -0.233. The summed E-state index contributed by atoms with van der Waals surface area (Å²) >= 11 is 0. The standard InChI is InChI=1S/C5H9N3O/c1-5(7-3-6)8(2)4-9/h9H,4H2,1-2H3. The third-order valence-electron chi connectivity index (χ3n) is 0.976. The number of amidine groups is 1. The average Bonchev–Trinajstić information content (AvgIpc) is 1.87. The summed E-state index contributed by atoms with van der Waals surface area (Å²) < 4.78 is 0. The van der Waals surface area contributed by atoms with E-state index in [2.05, 4.69) is 4.99 Å². The molecule has 0 aromatic rings. The molecule has 0 bridgehead atoms. The van der Waals surface area contributed by atoms with Gasteiger partial charge in [0.2, 0.25) is 6.19 Å². The van der Waals surface area contributed by atoms with Crippen molar-refractivity contribution >= 4 is 5.84 Å². The third kappa shape index (κ3) is 2.67. The van der Waals surface area contributed by atoms with Crippen molar-refractivity contribution in [3.05, 3.63) is 0 Å². The molecule has 0 aromatic carbocycles. The Labute approximate surface area is 54.0 Å². The SMILES string of the molecule is CC(=NC#N)N(C)CO. The van der Waals surface area contributed by atoms with E-state index in [1.807, 2.05) is 0 Å². The van der Waals surface area contributed by atoms with Crippen LogP contribution in [-0.4, -0.2) is 29.6 Å². The Morgan fingerprint density at radius 3 is 2.78 bits per heavy atom. The first-order valence-electron chi connectivity index (χ1n) is 2.47. The summed E-state index contributed by atoms with van der Waals surface area (Å²) in [4.78, 5) is 4.84. The summed E-state index contributed by atoms with van der Waals surface area (Å²) in [5.74, 6) is 0.514. The second-order valence-electron chi connectivity index (χ2n) is 1.60. The quantitative estimate of drug-likeness (QED) is 0.229. The van der Waals surface area contributed by atoms with Crippen molar-refractivity contribution in [1.82, 2.24) is 4.90 Å². The van der Waals surface area contributed by atoms with Crippen molar-refractivity contribution in [3.63, 3.8) is 0 Å². The zero-order valence-electron chi connectivity index (χ0n) is 5.50. The third-order valence-corrected chi connectivity index (χ3v) is 0.976. The summed E-state index contributed by atoms with van der Waals surface area (Å²) in [6.45, 7) is 1.54. The maximum atomic E-state index is 8.47. The van der Waals surface area contributed by atoms with Gasteiger partial charge in [-0.2, -0.15) is 10.3 Å². The van der Waals surface area contributed by atoms with Crippen LogP contribution in [0.1, 0.15) is 6.92 Å². The molecule has 0 heterocycles. The van der Waals surface area contributed by atoms with Crippen molar-refractivity contribution in [3.8, 4) is 6.19 Å². The van der Waals surface area contributed by atoms with Gasteiger partial charge in [0.05, 0.1) is 0 Å². The fourth-order valence-corrected chi connectivity index (χ4v) is 0.260. The predicted molar refractivity (Wildman–Crippen MR) is 33.6 cm³/mol. The van der Waals surface area contributed by atoms with Crippen LogP contribution in [0.5, 0.6) is 0 Å². The van der Waals surface area contributed by atoms with Gasteiger partial charge in [-0.1, -0.05) is 0 Å². The fraction of sp³-hybridized carbons (Fsp3) is 0.600. The van der Waals surface area contributed by atoms with Crippen molar-refractivity contribution in [1.29, 1.82) is 5.26 Å². The first-order valence-corrected chi connectivity index (χ1v) is 2.47. The van der Waals surface area contributed by atoms with E-state index in [1.54, 1.807) is 20.2 Å². The van der Waals surface area contributed by atoms with Crippen LogP contribution in [0.3, 0.4) is 0 Å². The number of aliphatic hydroxyl groups excluding tert-OH is 1. The molecule has 0 rings (SSSR count). The molecule has 0 atom stereocenters. The van der Waals surface area contributed by atoms with Gasteiger partial charge < -0.3 is 10.0 Å². The largest absolute Gasteiger partial charge is 0.376 e. The summed E-state index contributed by atoms with van der Waals surface area (Å²) in [6, 6.07) is 0. The highest BCUT2D eigenvalue weighted by Gasteiger charge is 1.94. The van der Waals surface area contributed by atoms with Gasteiger partial charge in [0.15, 0.2) is 0 Å². The lowest BCUT2D eigenvalue weighted by Crippen LogP contribution is -2.24. The highest BCUT2D eigenvalue weighted by molar-refractivity contribution is 5.80. The minimum absolute atomic E-state index is 0.114. The molecule has 0 aliphatic carbocycles. The molecule has 0 amide bonds. The molecule has 4 nitrogen and oxygen atoms in total. The highest BCUT2D eigenvalue weighted by Crippen LogP contribution is 1.82. The van der Waals surface area contributed by atoms with E-state index in [0.717, 1.165) is 0 Å². The number of aliphatic imine (C=N–C) groups is 1. The van der Waals surface area contributed by atoms with Crippen LogP contribution in [-0.2, 0) is 0 Å². The Kier molecular flexibility index (Phi) is 3.40. The Morgan fingerprint density at radius 1 is 1.89 bits per heavy atom. The van der Waals surface area contributed by atoms with E-state index in [0.29, 0.717) is 5.84 Å². The number of nitriles is 1. The van der Waals surface area contributed by atoms with Crippen LogP contribution in [0.25, 0.3) is 0 Å². The van der Waals surface area contributed by atoms with Crippen LogP contribution < -0.4 is 0 Å². The summed E-state index contributed by atoms with van der Waals surface area (Å²) in [6.07, 6.45) is 1.62. The molecular formula is C5H9N3O. The van der Waals surface area contributed by atoms with E-state index in [1.165, 1.54) is 4.90 Å². The van der Waals surface area contributed by atoms with Crippen molar-refractivity contribution in [2.24, 2.45) is 4.99 Å². The fourth-order valence-electron chi connectivity index (χ4n) is 0.260. The van der Waals surface area contributed by atoms with Gasteiger partial charge in [-0.05, 0) is 6.92 Å². The molecule has 0 aliphatic heterocycles. The van der Waals surface area contributed by atoms with Crippen LogP contribution in [0.2, 0.25) is 0 Å². The summed E-state index contributed by atoms with van der Waals surface area (Å²) in [7, 11) is 1.65. The molecule has 4 heteroatoms. The number of nitrogens with zero attached hydrogens (tertiary/aromatic N) is 3. The van der Waals surface area contributed by atoms with Crippen LogP contribution >= 0.6 is 0 Å². The lowest BCUT2D eigenvalue weighted by molar-refractivity contribution is 0.191. The second kappa shape index (κ2) is 3.87. The average molecular weight is 127 g/mol. The monoisotopic (exact) mass is 127 g/mol. The Balaban J connectivity index is 3.89. The normalized spacial score (nSPS) is 10.7. The van der Waals surface area contributed by atoms with E-state index < -0.39 is 0 Å². The molecule has 0 unspecified atom stereocenters. The molecule has 0 radical (unpaired) electrons. The Bertz CT molecular complexity index is 147. The maximum Gasteiger partial charge on any atom is 0.207 e. The molecule has 1 N–H and O–H groups in total. The summed E-state index contributed by atoms with van der Waals surface area (Å²) in [5.41, 5.74) is 0. The van der Waals surface area contributed by atoms with Crippen LogP contribution in [0.4, 0.5) is 0 Å². The first-order chi connectivity index (χ1) is 4.22. The summed E-state index contributed by atoms with van der Waals surface area (Å²) in [5, 5.41) is 16.5. The molecule has 0 aliphatic rings. The van der Waals surface area contributed by atoms with E-state index in [-0.39, 0.29) is 6.73 Å². The van der Waals surface area contributed by atoms with Crippen molar-refractivity contribution in [2.75, 3.05) is 13.8 Å².